The van der Waals surface area contributed by atoms with E-state index in [1.807, 2.05) is 42.5 Å². The van der Waals surface area contributed by atoms with Crippen molar-refractivity contribution in [2.75, 3.05) is 0 Å². The summed E-state index contributed by atoms with van der Waals surface area (Å²) in [5, 5.41) is 0. The molecule has 0 nitrogen and oxygen atoms in total. The standard InChI is InChI=1S/C17H13.C13H8F2.C5H5.2ClH.Zr/c1-3-12-5-7-14-11-15-8-6-13(4-2)10-17(15)16(14)9-12;14-12-5-1-3-10(8-12)7-11-4-2-6-13(15)9-11;1-2-4-5-3-1;;;/h3-7,9-10H,1-2,11H2;1-6,8-9H;1-3H,4H2;2*1H;/q-1;;-1;;;+2/p-2. The second kappa shape index (κ2) is 16.3. The number of hydrogen-bond donors (Lipinski definition) is 0. The molecule has 0 atom stereocenters. The molecule has 4 aromatic carbocycles. The fourth-order valence-electron chi connectivity index (χ4n) is 4.16. The van der Waals surface area contributed by atoms with E-state index >= 15 is 0 Å². The Labute approximate surface area is 263 Å². The topological polar surface area (TPSA) is 0 Å². The van der Waals surface area contributed by atoms with Crippen molar-refractivity contribution in [1.82, 2.24) is 0 Å². The van der Waals surface area contributed by atoms with Gasteiger partial charge in [0.25, 0.3) is 0 Å². The normalized spacial score (nSPS) is 11.3. The third-order valence-electron chi connectivity index (χ3n) is 6.12. The molecule has 4 aromatic rings. The molecule has 0 spiro atoms. The van der Waals surface area contributed by atoms with Gasteiger partial charge in [-0.25, -0.2) is 12.2 Å². The Morgan fingerprint density at radius 3 is 1.93 bits per heavy atom. The van der Waals surface area contributed by atoms with Gasteiger partial charge in [-0.3, -0.25) is 6.08 Å². The summed E-state index contributed by atoms with van der Waals surface area (Å²) in [6.07, 6.45) is 14.7. The zero-order chi connectivity index (χ0) is 26.9. The molecule has 0 N–H and O–H groups in total. The summed E-state index contributed by atoms with van der Waals surface area (Å²) < 4.78 is 27.0. The predicted octanol–water partition coefficient (Wildman–Crippen LogP) is 2.74. The zero-order valence-electron chi connectivity index (χ0n) is 21.7. The van der Waals surface area contributed by atoms with Gasteiger partial charge in [0.15, 0.2) is 0 Å². The molecular weight excluding hydrogens is 621 g/mol. The molecule has 6 rings (SSSR count). The Kier molecular flexibility index (Phi) is 13.6. The third-order valence-corrected chi connectivity index (χ3v) is 7.54. The molecule has 0 bridgehead atoms. The van der Waals surface area contributed by atoms with E-state index < -0.39 is 0 Å². The Hall–Kier alpha value is -2.97. The molecule has 0 saturated carbocycles. The minimum absolute atomic E-state index is 0. The molecule has 40 heavy (non-hydrogen) atoms. The van der Waals surface area contributed by atoms with Gasteiger partial charge < -0.3 is 24.8 Å². The molecule has 200 valence electrons. The fraction of sp³-hybridized carbons (Fsp3) is 0.0571. The van der Waals surface area contributed by atoms with Gasteiger partial charge in [-0.05, 0) is 12.0 Å². The minimum atomic E-state index is -0.270. The van der Waals surface area contributed by atoms with Gasteiger partial charge in [0.05, 0.1) is 0 Å². The summed E-state index contributed by atoms with van der Waals surface area (Å²) in [5.74, 6) is -0.539. The van der Waals surface area contributed by atoms with E-state index in [1.165, 1.54) is 52.1 Å². The molecule has 0 heterocycles. The van der Waals surface area contributed by atoms with Crippen LogP contribution in [0.4, 0.5) is 8.78 Å². The number of benzene rings is 4. The second-order valence-corrected chi connectivity index (χ2v) is 9.95. The first-order valence-corrected chi connectivity index (χ1v) is 13.5. The number of rotatable bonds is 4. The van der Waals surface area contributed by atoms with Crippen LogP contribution in [-0.2, 0) is 30.7 Å². The number of halogens is 4. The van der Waals surface area contributed by atoms with E-state index in [1.54, 1.807) is 12.1 Å². The van der Waals surface area contributed by atoms with Crippen LogP contribution in [0.3, 0.4) is 0 Å². The van der Waals surface area contributed by atoms with Crippen molar-refractivity contribution in [1.29, 1.82) is 0 Å². The van der Waals surface area contributed by atoms with Crippen molar-refractivity contribution >= 4 is 15.4 Å². The van der Waals surface area contributed by atoms with E-state index in [-0.39, 0.29) is 36.4 Å². The van der Waals surface area contributed by atoms with E-state index in [4.69, 9.17) is 0 Å². The van der Waals surface area contributed by atoms with Gasteiger partial charge in [0, 0.05) is 0 Å². The molecule has 2 aliphatic carbocycles. The van der Waals surface area contributed by atoms with Crippen molar-refractivity contribution in [2.45, 2.75) is 12.8 Å². The van der Waals surface area contributed by atoms with Crippen LogP contribution in [0, 0.1) is 23.8 Å². The maximum atomic E-state index is 13.0. The van der Waals surface area contributed by atoms with Crippen LogP contribution in [0.2, 0.25) is 0 Å². The van der Waals surface area contributed by atoms with E-state index in [0.29, 0.717) is 0 Å². The van der Waals surface area contributed by atoms with E-state index in [0.717, 1.165) is 57.0 Å². The predicted molar refractivity (Wildman–Crippen MR) is 151 cm³/mol. The first kappa shape index (κ1) is 33.2. The van der Waals surface area contributed by atoms with Crippen LogP contribution in [0.1, 0.15) is 39.8 Å². The van der Waals surface area contributed by atoms with Crippen molar-refractivity contribution < 1.29 is 57.8 Å². The zero-order valence-corrected chi connectivity index (χ0v) is 25.7. The molecule has 0 fully saturated rings. The van der Waals surface area contributed by atoms with Crippen molar-refractivity contribution in [2.24, 2.45) is 0 Å². The number of hydrogen-bond acceptors (Lipinski definition) is 0. The molecule has 0 saturated heterocycles. The molecular formula is C35H26Cl2F2Zr-2. The Balaban J connectivity index is 0.000000229. The van der Waals surface area contributed by atoms with E-state index in [2.05, 4.69) is 55.6 Å². The van der Waals surface area contributed by atoms with Gasteiger partial charge in [-0.1, -0.05) is 42.0 Å². The maximum Gasteiger partial charge on any atom is -0.109 e. The van der Waals surface area contributed by atoms with Gasteiger partial charge in [-0.15, -0.1) is 30.2 Å². The van der Waals surface area contributed by atoms with Crippen LogP contribution in [-0.4, -0.2) is 3.21 Å². The van der Waals surface area contributed by atoms with Crippen molar-refractivity contribution in [3.63, 3.8) is 0 Å². The average Bonchev–Trinajstić information content (AvgIpc) is 3.64. The quantitative estimate of drug-likeness (QED) is 0.264. The molecule has 5 heteroatoms. The molecule has 0 unspecified atom stereocenters. The van der Waals surface area contributed by atoms with Crippen LogP contribution < -0.4 is 24.8 Å². The molecule has 0 amide bonds. The largest absolute Gasteiger partial charge is 1.00 e. The van der Waals surface area contributed by atoms with Crippen LogP contribution in [0.25, 0.3) is 23.3 Å². The number of allylic oxidation sites excluding steroid dienone is 4. The smallest absolute Gasteiger partial charge is 0.109 e. The average molecular weight is 647 g/mol. The van der Waals surface area contributed by atoms with Gasteiger partial charge in [0.2, 0.25) is 0 Å². The minimum Gasteiger partial charge on any atom is -1.00 e. The van der Waals surface area contributed by atoms with Crippen molar-refractivity contribution in [3.05, 3.63) is 167 Å². The molecule has 2 aliphatic rings. The summed E-state index contributed by atoms with van der Waals surface area (Å²) in [5.41, 5.74) is 9.18. The monoisotopic (exact) mass is 644 g/mol. The maximum absolute atomic E-state index is 13.0. The first-order valence-electron chi connectivity index (χ1n) is 12.2. The van der Waals surface area contributed by atoms with Crippen LogP contribution in [0.15, 0.2) is 110 Å². The fourth-order valence-corrected chi connectivity index (χ4v) is 4.92. The van der Waals surface area contributed by atoms with E-state index in [9.17, 15) is 8.78 Å². The van der Waals surface area contributed by atoms with Gasteiger partial charge in [-0.2, -0.15) is 29.8 Å². The molecule has 0 radical (unpaired) electrons. The van der Waals surface area contributed by atoms with Crippen molar-refractivity contribution in [3.8, 4) is 11.1 Å². The van der Waals surface area contributed by atoms with Gasteiger partial charge >= 0.3 is 108 Å². The van der Waals surface area contributed by atoms with Crippen LogP contribution >= 0.6 is 0 Å². The second-order valence-electron chi connectivity index (χ2n) is 8.73. The summed E-state index contributed by atoms with van der Waals surface area (Å²) in [6, 6.07) is 26.8. The molecule has 0 aliphatic heterocycles. The third kappa shape index (κ3) is 8.77. The number of fused-ring (bicyclic) bond motifs is 3. The SMILES string of the molecule is C=Cc1c[c-]c2c(c1)-c1cc(C=C)ccc1C2.Fc1cccc([C](=[Zr+2])c2cccc(F)c2)c1.[C-]1=CC=CC1.[Cl-].[Cl-]. The van der Waals surface area contributed by atoms with Crippen LogP contribution in [0.5, 0.6) is 0 Å². The Bertz CT molecular complexity index is 1440. The summed E-state index contributed by atoms with van der Waals surface area (Å²) >= 11 is 1.13. The first-order chi connectivity index (χ1) is 18.5. The summed E-state index contributed by atoms with van der Waals surface area (Å²) in [6.45, 7) is 7.63. The molecule has 0 aromatic heterocycles. The summed E-state index contributed by atoms with van der Waals surface area (Å²) in [7, 11) is 0. The summed E-state index contributed by atoms with van der Waals surface area (Å²) in [4.78, 5) is 0. The Morgan fingerprint density at radius 2 is 1.43 bits per heavy atom. The Morgan fingerprint density at radius 1 is 0.800 bits per heavy atom. The van der Waals surface area contributed by atoms with Gasteiger partial charge in [0.1, 0.15) is 0 Å².